The highest BCUT2D eigenvalue weighted by molar-refractivity contribution is 5.91. The largest absolute Gasteiger partial charge is 0.489 e. The van der Waals surface area contributed by atoms with Crippen molar-refractivity contribution in [3.8, 4) is 11.5 Å². The van der Waals surface area contributed by atoms with Crippen LogP contribution in [0.5, 0.6) is 11.5 Å². The van der Waals surface area contributed by atoms with Crippen LogP contribution in [0.15, 0.2) is 73.3 Å². The molecule has 0 unspecified atom stereocenters. The van der Waals surface area contributed by atoms with Gasteiger partial charge in [-0.2, -0.15) is 0 Å². The lowest BCUT2D eigenvalue weighted by atomic mass is 10.1. The molecule has 0 aromatic heterocycles. The fourth-order valence-corrected chi connectivity index (χ4v) is 2.05. The van der Waals surface area contributed by atoms with Gasteiger partial charge in [0.1, 0.15) is 18.1 Å². The van der Waals surface area contributed by atoms with Gasteiger partial charge in [-0.05, 0) is 67.3 Å². The van der Waals surface area contributed by atoms with Gasteiger partial charge in [0, 0.05) is 0 Å². The molecule has 124 valence electrons. The maximum absolute atomic E-state index is 12.2. The van der Waals surface area contributed by atoms with Gasteiger partial charge in [0.15, 0.2) is 0 Å². The molecule has 2 rings (SSSR count). The Labute approximate surface area is 143 Å². The second-order valence-electron chi connectivity index (χ2n) is 5.63. The van der Waals surface area contributed by atoms with Crippen molar-refractivity contribution in [1.82, 2.24) is 0 Å². The lowest BCUT2D eigenvalue weighted by Crippen LogP contribution is -2.08. The van der Waals surface area contributed by atoms with Gasteiger partial charge < -0.3 is 9.47 Å². The molecule has 0 amide bonds. The number of esters is 1. The first-order valence-electron chi connectivity index (χ1n) is 7.88. The van der Waals surface area contributed by atoms with Crippen LogP contribution in [0.3, 0.4) is 0 Å². The van der Waals surface area contributed by atoms with E-state index < -0.39 is 0 Å². The standard InChI is InChI=1S/C21H22O3/c1-4-5-6-17-7-9-18(10-8-17)21(22)24-20-13-11-19(12-14-20)23-15-16(2)3/h4,7-14H,1-2,5-6,15H2,3H3. The molecule has 0 aliphatic rings. The highest BCUT2D eigenvalue weighted by Crippen LogP contribution is 2.19. The van der Waals surface area contributed by atoms with Gasteiger partial charge in [0.05, 0.1) is 5.56 Å². The molecule has 0 fully saturated rings. The average Bonchev–Trinajstić information content (AvgIpc) is 2.59. The van der Waals surface area contributed by atoms with Crippen molar-refractivity contribution in [2.24, 2.45) is 0 Å². The maximum Gasteiger partial charge on any atom is 0.343 e. The molecule has 3 heteroatoms. The van der Waals surface area contributed by atoms with Crippen molar-refractivity contribution < 1.29 is 14.3 Å². The van der Waals surface area contributed by atoms with E-state index in [1.807, 2.05) is 25.1 Å². The first-order chi connectivity index (χ1) is 11.6. The van der Waals surface area contributed by atoms with Crippen LogP contribution in [-0.4, -0.2) is 12.6 Å². The average molecular weight is 322 g/mol. The van der Waals surface area contributed by atoms with Crippen LogP contribution in [0.2, 0.25) is 0 Å². The molecular weight excluding hydrogens is 300 g/mol. The normalized spacial score (nSPS) is 10.0. The molecule has 0 aliphatic carbocycles. The van der Waals surface area contributed by atoms with E-state index in [2.05, 4.69) is 13.2 Å². The van der Waals surface area contributed by atoms with E-state index in [9.17, 15) is 4.79 Å². The number of aryl methyl sites for hydroxylation is 1. The first-order valence-corrected chi connectivity index (χ1v) is 7.88. The summed E-state index contributed by atoms with van der Waals surface area (Å²) in [4.78, 5) is 12.2. The SMILES string of the molecule is C=CCCc1ccc(C(=O)Oc2ccc(OCC(=C)C)cc2)cc1. The second-order valence-corrected chi connectivity index (χ2v) is 5.63. The molecule has 0 atom stereocenters. The third kappa shape index (κ3) is 5.43. The Hall–Kier alpha value is -2.81. The van der Waals surface area contributed by atoms with Gasteiger partial charge in [-0.3, -0.25) is 0 Å². The zero-order valence-corrected chi connectivity index (χ0v) is 14.0. The molecular formula is C21H22O3. The number of allylic oxidation sites excluding steroid dienone is 1. The van der Waals surface area contributed by atoms with Gasteiger partial charge in [-0.1, -0.05) is 24.8 Å². The molecule has 0 saturated carbocycles. The van der Waals surface area contributed by atoms with Crippen LogP contribution < -0.4 is 9.47 Å². The quantitative estimate of drug-likeness (QED) is 0.391. The smallest absolute Gasteiger partial charge is 0.343 e. The van der Waals surface area contributed by atoms with E-state index in [1.165, 1.54) is 5.56 Å². The Kier molecular flexibility index (Phi) is 6.38. The Morgan fingerprint density at radius 2 is 1.67 bits per heavy atom. The number of carbonyl (C=O) groups excluding carboxylic acids is 1. The van der Waals surface area contributed by atoms with E-state index in [1.54, 1.807) is 36.4 Å². The van der Waals surface area contributed by atoms with Crippen LogP contribution in [0.1, 0.15) is 29.3 Å². The molecule has 2 aromatic carbocycles. The summed E-state index contributed by atoms with van der Waals surface area (Å²) in [6.45, 7) is 9.86. The summed E-state index contributed by atoms with van der Waals surface area (Å²) in [6, 6.07) is 14.4. The molecule has 0 saturated heterocycles. The molecule has 0 aliphatic heterocycles. The van der Waals surface area contributed by atoms with E-state index in [-0.39, 0.29) is 5.97 Å². The number of benzene rings is 2. The topological polar surface area (TPSA) is 35.5 Å². The van der Waals surface area contributed by atoms with E-state index >= 15 is 0 Å². The fraction of sp³-hybridized carbons (Fsp3) is 0.190. The monoisotopic (exact) mass is 322 g/mol. The number of rotatable bonds is 8. The van der Waals surface area contributed by atoms with Gasteiger partial charge >= 0.3 is 5.97 Å². The molecule has 0 bridgehead atoms. The fourth-order valence-electron chi connectivity index (χ4n) is 2.05. The third-order valence-electron chi connectivity index (χ3n) is 3.35. The molecule has 0 radical (unpaired) electrons. The summed E-state index contributed by atoms with van der Waals surface area (Å²) in [5.74, 6) is 0.823. The van der Waals surface area contributed by atoms with Crippen LogP contribution in [0.25, 0.3) is 0 Å². The molecule has 24 heavy (non-hydrogen) atoms. The van der Waals surface area contributed by atoms with Crippen LogP contribution in [0.4, 0.5) is 0 Å². The molecule has 0 N–H and O–H groups in total. The number of ether oxygens (including phenoxy) is 2. The Bertz CT molecular complexity index is 697. The Balaban J connectivity index is 1.93. The van der Waals surface area contributed by atoms with Gasteiger partial charge in [-0.15, -0.1) is 6.58 Å². The Morgan fingerprint density at radius 1 is 1.04 bits per heavy atom. The zero-order valence-electron chi connectivity index (χ0n) is 14.0. The summed E-state index contributed by atoms with van der Waals surface area (Å²) in [5, 5.41) is 0. The predicted octanol–water partition coefficient (Wildman–Crippen LogP) is 4.98. The van der Waals surface area contributed by atoms with Crippen LogP contribution in [0, 0.1) is 0 Å². The Morgan fingerprint density at radius 3 is 2.25 bits per heavy atom. The van der Waals surface area contributed by atoms with Crippen LogP contribution >= 0.6 is 0 Å². The predicted molar refractivity (Wildman–Crippen MR) is 96.7 cm³/mol. The summed E-state index contributed by atoms with van der Waals surface area (Å²) in [6.07, 6.45) is 3.72. The van der Waals surface area contributed by atoms with Crippen molar-refractivity contribution in [1.29, 1.82) is 0 Å². The second kappa shape index (κ2) is 8.73. The van der Waals surface area contributed by atoms with Gasteiger partial charge in [0.2, 0.25) is 0 Å². The number of hydrogen-bond acceptors (Lipinski definition) is 3. The first kappa shape index (κ1) is 17.5. The van der Waals surface area contributed by atoms with E-state index in [4.69, 9.17) is 9.47 Å². The van der Waals surface area contributed by atoms with Crippen molar-refractivity contribution in [3.63, 3.8) is 0 Å². The molecule has 2 aromatic rings. The summed E-state index contributed by atoms with van der Waals surface area (Å²) < 4.78 is 10.9. The minimum absolute atomic E-state index is 0.374. The van der Waals surface area contributed by atoms with Crippen LogP contribution in [-0.2, 0) is 6.42 Å². The summed E-state index contributed by atoms with van der Waals surface area (Å²) in [7, 11) is 0. The number of hydrogen-bond donors (Lipinski definition) is 0. The third-order valence-corrected chi connectivity index (χ3v) is 3.35. The highest BCUT2D eigenvalue weighted by atomic mass is 16.5. The van der Waals surface area contributed by atoms with E-state index in [0.29, 0.717) is 23.7 Å². The van der Waals surface area contributed by atoms with Crippen molar-refractivity contribution in [2.45, 2.75) is 19.8 Å². The minimum atomic E-state index is -0.374. The zero-order chi connectivity index (χ0) is 17.4. The van der Waals surface area contributed by atoms with Gasteiger partial charge in [-0.25, -0.2) is 4.79 Å². The van der Waals surface area contributed by atoms with E-state index in [0.717, 1.165) is 18.4 Å². The summed E-state index contributed by atoms with van der Waals surface area (Å²) >= 11 is 0. The minimum Gasteiger partial charge on any atom is -0.489 e. The molecule has 0 heterocycles. The lowest BCUT2D eigenvalue weighted by Gasteiger charge is -2.08. The lowest BCUT2D eigenvalue weighted by molar-refractivity contribution is 0.0734. The highest BCUT2D eigenvalue weighted by Gasteiger charge is 2.08. The number of carbonyl (C=O) groups is 1. The van der Waals surface area contributed by atoms with Crippen molar-refractivity contribution >= 4 is 5.97 Å². The van der Waals surface area contributed by atoms with Crippen molar-refractivity contribution in [2.75, 3.05) is 6.61 Å². The van der Waals surface area contributed by atoms with Crippen molar-refractivity contribution in [3.05, 3.63) is 84.5 Å². The molecule has 0 spiro atoms. The summed E-state index contributed by atoms with van der Waals surface area (Å²) in [5.41, 5.74) is 2.65. The molecule has 3 nitrogen and oxygen atoms in total. The van der Waals surface area contributed by atoms with Gasteiger partial charge in [0.25, 0.3) is 0 Å². The maximum atomic E-state index is 12.2.